The first-order valence-electron chi connectivity index (χ1n) is 14.4. The summed E-state index contributed by atoms with van der Waals surface area (Å²) in [5, 5.41) is 17.5. The molecule has 0 bridgehead atoms. The summed E-state index contributed by atoms with van der Waals surface area (Å²) in [5.74, 6) is -0.734. The molecule has 4 aromatic rings. The lowest BCUT2D eigenvalue weighted by Crippen LogP contribution is -2.53. The van der Waals surface area contributed by atoms with Gasteiger partial charge in [0.1, 0.15) is 23.4 Å². The molecule has 43 heavy (non-hydrogen) atoms. The molecule has 3 N–H and O–H groups in total. The Morgan fingerprint density at radius 1 is 0.884 bits per heavy atom. The number of hydrogen-bond acceptors (Lipinski definition) is 5. The summed E-state index contributed by atoms with van der Waals surface area (Å²) < 4.78 is 5.47. The number of aromatic hydroxyl groups is 1. The Labute approximate surface area is 252 Å². The van der Waals surface area contributed by atoms with Crippen molar-refractivity contribution in [2.45, 2.75) is 58.7 Å². The van der Waals surface area contributed by atoms with E-state index in [4.69, 9.17) is 4.74 Å². The molecule has 224 valence electrons. The predicted molar refractivity (Wildman–Crippen MR) is 169 cm³/mol. The topological polar surface area (TPSA) is 108 Å². The Kier molecular flexibility index (Phi) is 9.70. The van der Waals surface area contributed by atoms with Crippen LogP contribution in [0.15, 0.2) is 91.0 Å². The molecular formula is C35H39N3O5. The summed E-state index contributed by atoms with van der Waals surface area (Å²) in [7, 11) is 0. The molecule has 0 heterocycles. The number of anilines is 1. The summed E-state index contributed by atoms with van der Waals surface area (Å²) in [4.78, 5) is 42.6. The van der Waals surface area contributed by atoms with Gasteiger partial charge < -0.3 is 25.4 Å². The summed E-state index contributed by atoms with van der Waals surface area (Å²) in [6.07, 6.45) is -0.616. The van der Waals surface area contributed by atoms with Crippen LogP contribution < -0.4 is 10.6 Å². The van der Waals surface area contributed by atoms with Crippen LogP contribution in [0.3, 0.4) is 0 Å². The highest BCUT2D eigenvalue weighted by Gasteiger charge is 2.35. The average Bonchev–Trinajstić information content (AvgIpc) is 2.96. The largest absolute Gasteiger partial charge is 0.508 e. The number of ether oxygens (including phenoxy) is 1. The fourth-order valence-corrected chi connectivity index (χ4v) is 4.88. The molecule has 0 saturated heterocycles. The molecule has 4 aromatic carbocycles. The van der Waals surface area contributed by atoms with Crippen LogP contribution in [0.25, 0.3) is 10.8 Å². The van der Waals surface area contributed by atoms with Gasteiger partial charge in [-0.15, -0.1) is 0 Å². The number of alkyl carbamates (subject to hydrolysis) is 1. The fourth-order valence-electron chi connectivity index (χ4n) is 4.88. The van der Waals surface area contributed by atoms with Crippen molar-refractivity contribution in [1.82, 2.24) is 10.2 Å². The molecule has 0 radical (unpaired) electrons. The van der Waals surface area contributed by atoms with E-state index in [0.717, 1.165) is 21.9 Å². The summed E-state index contributed by atoms with van der Waals surface area (Å²) in [6.45, 7) is 9.18. The molecule has 0 aliphatic heterocycles. The second-order valence-electron chi connectivity index (χ2n) is 11.6. The van der Waals surface area contributed by atoms with E-state index >= 15 is 0 Å². The van der Waals surface area contributed by atoms with Crippen LogP contribution in [0, 0.1) is 6.92 Å². The van der Waals surface area contributed by atoms with Gasteiger partial charge in [0.15, 0.2) is 0 Å². The number of fused-ring (bicyclic) bond motifs is 1. The maximum Gasteiger partial charge on any atom is 0.408 e. The zero-order valence-electron chi connectivity index (χ0n) is 25.3. The number of aryl methyl sites for hydroxylation is 1. The first-order valence-corrected chi connectivity index (χ1v) is 14.4. The summed E-state index contributed by atoms with van der Waals surface area (Å²) in [6, 6.07) is 25.4. The highest BCUT2D eigenvalue weighted by atomic mass is 16.6. The lowest BCUT2D eigenvalue weighted by Gasteiger charge is -2.34. The number of carbonyl (C=O) groups excluding carboxylic acids is 3. The Morgan fingerprint density at radius 3 is 2.16 bits per heavy atom. The standard InChI is InChI=1S/C35H39N3O5/c1-6-38(33(41)30(37-34(42)43-35(3,4)5)21-24-13-19-29(39)20-14-24)31(26-15-11-23(2)12-16-26)32(40)36-28-18-17-25-9-7-8-10-27(25)22-28/h7-20,22,30-31,39H,6,21H2,1-5H3,(H,36,40)(H,37,42). The molecule has 0 aliphatic carbocycles. The first-order chi connectivity index (χ1) is 20.4. The quantitative estimate of drug-likeness (QED) is 0.209. The number of phenolic OH excluding ortho intramolecular Hbond substituents is 1. The number of nitrogens with zero attached hydrogens (tertiary/aromatic N) is 1. The Hall–Kier alpha value is -4.85. The number of likely N-dealkylation sites (N-methyl/N-ethyl adjacent to an activating group) is 1. The van der Waals surface area contributed by atoms with Crippen molar-refractivity contribution < 1.29 is 24.2 Å². The number of phenols is 1. The van der Waals surface area contributed by atoms with Crippen LogP contribution in [0.5, 0.6) is 5.75 Å². The van der Waals surface area contributed by atoms with Gasteiger partial charge in [0, 0.05) is 18.7 Å². The Bertz CT molecular complexity index is 1580. The number of benzene rings is 4. The fraction of sp³-hybridized carbons (Fsp3) is 0.286. The van der Waals surface area contributed by atoms with Gasteiger partial charge in [0.25, 0.3) is 5.91 Å². The van der Waals surface area contributed by atoms with Crippen LogP contribution in [-0.2, 0) is 20.7 Å². The van der Waals surface area contributed by atoms with Gasteiger partial charge in [-0.2, -0.15) is 0 Å². The summed E-state index contributed by atoms with van der Waals surface area (Å²) in [5.41, 5.74) is 2.21. The van der Waals surface area contributed by atoms with Gasteiger partial charge in [-0.25, -0.2) is 4.79 Å². The zero-order valence-corrected chi connectivity index (χ0v) is 25.3. The third-order valence-corrected chi connectivity index (χ3v) is 6.96. The highest BCUT2D eigenvalue weighted by Crippen LogP contribution is 2.27. The minimum Gasteiger partial charge on any atom is -0.508 e. The molecule has 2 atom stereocenters. The van der Waals surface area contributed by atoms with Crippen LogP contribution in [0.2, 0.25) is 0 Å². The van der Waals surface area contributed by atoms with Crippen molar-refractivity contribution in [2.75, 3.05) is 11.9 Å². The van der Waals surface area contributed by atoms with Gasteiger partial charge in [0.2, 0.25) is 5.91 Å². The molecule has 8 nitrogen and oxygen atoms in total. The van der Waals surface area contributed by atoms with Gasteiger partial charge in [-0.3, -0.25) is 9.59 Å². The molecule has 0 spiro atoms. The number of amides is 3. The first kappa shape index (κ1) is 31.1. The van der Waals surface area contributed by atoms with E-state index in [1.807, 2.05) is 73.7 Å². The van der Waals surface area contributed by atoms with Crippen molar-refractivity contribution in [3.05, 3.63) is 108 Å². The number of carbonyl (C=O) groups is 3. The third kappa shape index (κ3) is 8.35. The van der Waals surface area contributed by atoms with Crippen molar-refractivity contribution in [3.63, 3.8) is 0 Å². The van der Waals surface area contributed by atoms with E-state index in [1.165, 1.54) is 17.0 Å². The monoisotopic (exact) mass is 581 g/mol. The summed E-state index contributed by atoms with van der Waals surface area (Å²) >= 11 is 0. The molecule has 0 aromatic heterocycles. The molecule has 8 heteroatoms. The van der Waals surface area contributed by atoms with E-state index in [-0.39, 0.29) is 24.6 Å². The van der Waals surface area contributed by atoms with Crippen molar-refractivity contribution >= 4 is 34.4 Å². The molecular weight excluding hydrogens is 542 g/mol. The number of rotatable bonds is 9. The molecule has 0 aliphatic rings. The third-order valence-electron chi connectivity index (χ3n) is 6.96. The Balaban J connectivity index is 1.69. The maximum atomic E-state index is 14.3. The number of nitrogens with one attached hydrogen (secondary N) is 2. The minimum atomic E-state index is -1.04. The van der Waals surface area contributed by atoms with Crippen molar-refractivity contribution in [1.29, 1.82) is 0 Å². The lowest BCUT2D eigenvalue weighted by atomic mass is 9.99. The molecule has 0 saturated carbocycles. The smallest absolute Gasteiger partial charge is 0.408 e. The maximum absolute atomic E-state index is 14.3. The van der Waals surface area contributed by atoms with Crippen LogP contribution in [0.4, 0.5) is 10.5 Å². The van der Waals surface area contributed by atoms with Gasteiger partial charge in [-0.1, -0.05) is 72.3 Å². The normalized spacial score (nSPS) is 12.7. The SMILES string of the molecule is CCN(C(=O)C(Cc1ccc(O)cc1)NC(=O)OC(C)(C)C)C(C(=O)Nc1ccc2ccccc2c1)c1ccc(C)cc1. The van der Waals surface area contributed by atoms with E-state index in [0.29, 0.717) is 11.3 Å². The van der Waals surface area contributed by atoms with Gasteiger partial charge in [0.05, 0.1) is 0 Å². The predicted octanol–water partition coefficient (Wildman–Crippen LogP) is 6.52. The highest BCUT2D eigenvalue weighted by molar-refractivity contribution is 6.00. The second-order valence-corrected chi connectivity index (χ2v) is 11.6. The van der Waals surface area contributed by atoms with Crippen LogP contribution in [-0.4, -0.2) is 46.1 Å². The van der Waals surface area contributed by atoms with Crippen LogP contribution >= 0.6 is 0 Å². The molecule has 3 amide bonds. The van der Waals surface area contributed by atoms with Crippen molar-refractivity contribution in [3.8, 4) is 5.75 Å². The van der Waals surface area contributed by atoms with Gasteiger partial charge in [-0.05, 0) is 80.8 Å². The van der Waals surface area contributed by atoms with E-state index in [2.05, 4.69) is 10.6 Å². The Morgan fingerprint density at radius 2 is 1.53 bits per heavy atom. The minimum absolute atomic E-state index is 0.0895. The molecule has 2 unspecified atom stereocenters. The van der Waals surface area contributed by atoms with E-state index in [9.17, 15) is 19.5 Å². The molecule has 4 rings (SSSR count). The van der Waals surface area contributed by atoms with Crippen molar-refractivity contribution in [2.24, 2.45) is 0 Å². The lowest BCUT2D eigenvalue weighted by molar-refractivity contribution is -0.140. The van der Waals surface area contributed by atoms with E-state index in [1.54, 1.807) is 39.8 Å². The second kappa shape index (κ2) is 13.4. The molecule has 0 fully saturated rings. The van der Waals surface area contributed by atoms with E-state index < -0.39 is 29.7 Å². The number of hydrogen-bond donors (Lipinski definition) is 3. The average molecular weight is 582 g/mol. The zero-order chi connectivity index (χ0) is 31.1. The van der Waals surface area contributed by atoms with Gasteiger partial charge >= 0.3 is 6.09 Å². The van der Waals surface area contributed by atoms with Crippen LogP contribution in [0.1, 0.15) is 50.4 Å².